The van der Waals surface area contributed by atoms with E-state index in [4.69, 9.17) is 11.6 Å². The van der Waals surface area contributed by atoms with Gasteiger partial charge >= 0.3 is 0 Å². The predicted molar refractivity (Wildman–Crippen MR) is 98.9 cm³/mol. The topological polar surface area (TPSA) is 62.3 Å². The third kappa shape index (κ3) is 4.40. The van der Waals surface area contributed by atoms with Crippen LogP contribution in [0.25, 0.3) is 0 Å². The highest BCUT2D eigenvalue weighted by Crippen LogP contribution is 2.31. The number of nitrogens with one attached hydrogen (secondary N) is 1. The predicted octanol–water partition coefficient (Wildman–Crippen LogP) is 3.59. The molecule has 2 amide bonds. The first-order valence-corrected chi connectivity index (χ1v) is 9.63. The Morgan fingerprint density at radius 1 is 1.46 bits per heavy atom. The van der Waals surface area contributed by atoms with E-state index in [0.717, 1.165) is 23.5 Å². The summed E-state index contributed by atoms with van der Waals surface area (Å²) in [6.45, 7) is 3.01. The van der Waals surface area contributed by atoms with Gasteiger partial charge in [-0.2, -0.15) is 0 Å². The lowest BCUT2D eigenvalue weighted by Gasteiger charge is -2.32. The first-order valence-electron chi connectivity index (χ1n) is 8.37. The van der Waals surface area contributed by atoms with Crippen LogP contribution in [-0.4, -0.2) is 34.8 Å². The highest BCUT2D eigenvalue weighted by atomic mass is 35.5. The quantitative estimate of drug-likeness (QED) is 0.860. The molecule has 1 N–H and O–H groups in total. The van der Waals surface area contributed by atoms with E-state index in [1.165, 1.54) is 36.5 Å². The van der Waals surface area contributed by atoms with E-state index in [2.05, 4.69) is 10.3 Å². The Bertz CT molecular complexity index is 827. The van der Waals surface area contributed by atoms with Gasteiger partial charge in [0.1, 0.15) is 5.82 Å². The molecule has 1 fully saturated rings. The van der Waals surface area contributed by atoms with Gasteiger partial charge in [-0.15, -0.1) is 11.3 Å². The zero-order valence-corrected chi connectivity index (χ0v) is 15.9. The third-order valence-corrected chi connectivity index (χ3v) is 5.69. The van der Waals surface area contributed by atoms with Crippen molar-refractivity contribution in [1.29, 1.82) is 0 Å². The molecule has 2 heterocycles. The molecule has 1 saturated heterocycles. The number of benzene rings is 1. The summed E-state index contributed by atoms with van der Waals surface area (Å²) in [7, 11) is 0. The Kier molecular flexibility index (Phi) is 5.88. The van der Waals surface area contributed by atoms with Gasteiger partial charge in [0.25, 0.3) is 5.91 Å². The van der Waals surface area contributed by atoms with E-state index in [-0.39, 0.29) is 28.3 Å². The first-order chi connectivity index (χ1) is 12.4. The highest BCUT2D eigenvalue weighted by Gasteiger charge is 2.28. The maximum atomic E-state index is 13.5. The van der Waals surface area contributed by atoms with Crippen LogP contribution in [0.4, 0.5) is 4.39 Å². The van der Waals surface area contributed by atoms with Crippen LogP contribution in [0.3, 0.4) is 0 Å². The molecule has 3 rings (SSSR count). The summed E-state index contributed by atoms with van der Waals surface area (Å²) in [6.07, 6.45) is 1.79. The number of halogens is 2. The number of carbonyl (C=O) groups excluding carboxylic acids is 2. The van der Waals surface area contributed by atoms with E-state index < -0.39 is 5.82 Å². The van der Waals surface area contributed by atoms with Gasteiger partial charge in [0, 0.05) is 31.3 Å². The van der Waals surface area contributed by atoms with Crippen LogP contribution in [0.5, 0.6) is 0 Å². The summed E-state index contributed by atoms with van der Waals surface area (Å²) in [6, 6.07) is 3.83. The van der Waals surface area contributed by atoms with Crippen molar-refractivity contribution >= 4 is 34.8 Å². The van der Waals surface area contributed by atoms with E-state index >= 15 is 0 Å². The van der Waals surface area contributed by atoms with Gasteiger partial charge in [-0.3, -0.25) is 9.59 Å². The van der Waals surface area contributed by atoms with E-state index in [0.29, 0.717) is 19.6 Å². The van der Waals surface area contributed by atoms with Gasteiger partial charge in [-0.05, 0) is 31.0 Å². The van der Waals surface area contributed by atoms with Crippen LogP contribution >= 0.6 is 22.9 Å². The Morgan fingerprint density at radius 3 is 3.04 bits per heavy atom. The lowest BCUT2D eigenvalue weighted by atomic mass is 9.98. The second-order valence-corrected chi connectivity index (χ2v) is 7.60. The molecular formula is C18H19ClFN3O2S. The zero-order chi connectivity index (χ0) is 18.7. The van der Waals surface area contributed by atoms with Crippen molar-refractivity contribution in [3.8, 4) is 0 Å². The van der Waals surface area contributed by atoms with Crippen molar-refractivity contribution < 1.29 is 14.0 Å². The van der Waals surface area contributed by atoms with Crippen molar-refractivity contribution in [3.05, 3.63) is 50.7 Å². The minimum atomic E-state index is -0.478. The second-order valence-electron chi connectivity index (χ2n) is 6.30. The Hall–Kier alpha value is -1.99. The molecule has 138 valence electrons. The van der Waals surface area contributed by atoms with Gasteiger partial charge < -0.3 is 10.2 Å². The second kappa shape index (κ2) is 8.14. The first kappa shape index (κ1) is 18.8. The van der Waals surface area contributed by atoms with Crippen molar-refractivity contribution in [1.82, 2.24) is 15.2 Å². The lowest BCUT2D eigenvalue weighted by molar-refractivity contribution is -0.119. The maximum Gasteiger partial charge on any atom is 0.255 e. The number of likely N-dealkylation sites (tertiary alicyclic amines) is 1. The van der Waals surface area contributed by atoms with E-state index in [1.807, 2.05) is 5.38 Å². The maximum absolute atomic E-state index is 13.5. The van der Waals surface area contributed by atoms with Gasteiger partial charge in [0.15, 0.2) is 0 Å². The molecule has 1 unspecified atom stereocenters. The number of nitrogens with zero attached hydrogens (tertiary/aromatic N) is 2. The smallest absolute Gasteiger partial charge is 0.255 e. The minimum absolute atomic E-state index is 0.0963. The summed E-state index contributed by atoms with van der Waals surface area (Å²) >= 11 is 7.60. The van der Waals surface area contributed by atoms with Crippen LogP contribution in [0.2, 0.25) is 5.02 Å². The minimum Gasteiger partial charge on any atom is -0.351 e. The molecule has 0 radical (unpaired) electrons. The number of thiazole rings is 1. The van der Waals surface area contributed by atoms with E-state index in [9.17, 15) is 14.0 Å². The number of hydrogen-bond acceptors (Lipinski definition) is 4. The monoisotopic (exact) mass is 395 g/mol. The summed E-state index contributed by atoms with van der Waals surface area (Å²) < 4.78 is 13.5. The standard InChI is InChI=1S/C18H19ClFN3O2S/c1-11(24)21-8-14-10-26-17(22-14)12-3-2-6-23(9-12)18(25)15-7-13(20)4-5-16(15)19/h4-5,7,10,12H,2-3,6,8-9H2,1H3,(H,21,24). The van der Waals surface area contributed by atoms with Crippen LogP contribution in [0.15, 0.2) is 23.6 Å². The normalized spacial score (nSPS) is 17.2. The molecule has 5 nitrogen and oxygen atoms in total. The number of amides is 2. The lowest BCUT2D eigenvalue weighted by Crippen LogP contribution is -2.39. The largest absolute Gasteiger partial charge is 0.351 e. The summed E-state index contributed by atoms with van der Waals surface area (Å²) in [5, 5.41) is 5.86. The number of piperidine rings is 1. The summed E-state index contributed by atoms with van der Waals surface area (Å²) in [4.78, 5) is 30.1. The Balaban J connectivity index is 1.70. The van der Waals surface area contributed by atoms with Gasteiger partial charge in [-0.1, -0.05) is 11.6 Å². The SMILES string of the molecule is CC(=O)NCc1csc(C2CCCN(C(=O)c3cc(F)ccc3Cl)C2)n1. The van der Waals surface area contributed by atoms with Gasteiger partial charge in [0.2, 0.25) is 5.91 Å². The Morgan fingerprint density at radius 2 is 2.27 bits per heavy atom. The van der Waals surface area contributed by atoms with Crippen LogP contribution in [0.1, 0.15) is 46.7 Å². The molecule has 2 aromatic rings. The van der Waals surface area contributed by atoms with Crippen LogP contribution in [-0.2, 0) is 11.3 Å². The fourth-order valence-corrected chi connectivity index (χ4v) is 4.15. The van der Waals surface area contributed by atoms with Gasteiger partial charge in [-0.25, -0.2) is 9.37 Å². The third-order valence-electron chi connectivity index (χ3n) is 4.30. The number of hydrogen-bond donors (Lipinski definition) is 1. The molecule has 1 aliphatic rings. The fraction of sp³-hybridized carbons (Fsp3) is 0.389. The molecule has 1 aromatic carbocycles. The van der Waals surface area contributed by atoms with Crippen LogP contribution < -0.4 is 5.32 Å². The zero-order valence-electron chi connectivity index (χ0n) is 14.3. The van der Waals surface area contributed by atoms with Gasteiger partial charge in [0.05, 0.1) is 27.8 Å². The van der Waals surface area contributed by atoms with Crippen molar-refractivity contribution in [3.63, 3.8) is 0 Å². The van der Waals surface area contributed by atoms with Crippen LogP contribution in [0, 0.1) is 5.82 Å². The van der Waals surface area contributed by atoms with Crippen molar-refractivity contribution in [2.45, 2.75) is 32.2 Å². The molecule has 0 bridgehead atoms. The summed E-state index contributed by atoms with van der Waals surface area (Å²) in [5.41, 5.74) is 1.01. The van der Waals surface area contributed by atoms with Crippen molar-refractivity contribution in [2.24, 2.45) is 0 Å². The molecule has 0 aliphatic carbocycles. The molecular weight excluding hydrogens is 377 g/mol. The van der Waals surface area contributed by atoms with E-state index in [1.54, 1.807) is 4.90 Å². The molecule has 26 heavy (non-hydrogen) atoms. The highest BCUT2D eigenvalue weighted by molar-refractivity contribution is 7.09. The average Bonchev–Trinajstić information content (AvgIpc) is 3.10. The molecule has 1 aliphatic heterocycles. The molecule has 0 spiro atoms. The molecule has 0 saturated carbocycles. The van der Waals surface area contributed by atoms with Crippen molar-refractivity contribution in [2.75, 3.05) is 13.1 Å². The Labute approximate surface area is 160 Å². The number of carbonyl (C=O) groups is 2. The molecule has 8 heteroatoms. The number of rotatable bonds is 4. The molecule has 1 aromatic heterocycles. The number of aromatic nitrogens is 1. The average molecular weight is 396 g/mol. The fourth-order valence-electron chi connectivity index (χ4n) is 3.00. The molecule has 1 atom stereocenters. The summed E-state index contributed by atoms with van der Waals surface area (Å²) in [5.74, 6) is -0.694.